The number of hydrogen-bond donors (Lipinski definition) is 2. The molecule has 0 fully saturated rings. The van der Waals surface area contributed by atoms with Crippen molar-refractivity contribution in [3.63, 3.8) is 0 Å². The average Bonchev–Trinajstić information content (AvgIpc) is 2.32. The summed E-state index contributed by atoms with van der Waals surface area (Å²) in [5.41, 5.74) is 0.952. The van der Waals surface area contributed by atoms with Crippen LogP contribution in [0.15, 0.2) is 18.3 Å². The summed E-state index contributed by atoms with van der Waals surface area (Å²) in [5, 5.41) is 0. The Hall–Kier alpha value is -1.55. The fourth-order valence-corrected chi connectivity index (χ4v) is 1.71. The molecule has 10 heteroatoms. The number of alkyl halides is 6. The molecule has 0 radical (unpaired) electrons. The van der Waals surface area contributed by atoms with Gasteiger partial charge >= 0.3 is 12.4 Å². The number of nitrogens with one attached hydrogen (secondary N) is 1. The number of halogens is 6. The molecule has 0 spiro atoms. The van der Waals surface area contributed by atoms with Crippen LogP contribution in [0.5, 0.6) is 5.75 Å². The monoisotopic (exact) mass is 303 g/mol. The van der Waals surface area contributed by atoms with E-state index in [1.807, 2.05) is 0 Å². The van der Waals surface area contributed by atoms with E-state index in [9.17, 15) is 26.3 Å². The molecule has 1 heterocycles. The number of rotatable bonds is 4. The molecule has 0 saturated heterocycles. The van der Waals surface area contributed by atoms with Crippen molar-refractivity contribution in [1.82, 2.24) is 10.4 Å². The van der Waals surface area contributed by atoms with E-state index in [1.54, 1.807) is 0 Å². The number of pyridine rings is 1. The predicted octanol–water partition coefficient (Wildman–Crippen LogP) is 2.34. The highest BCUT2D eigenvalue weighted by Crippen LogP contribution is 2.47. The standard InChI is InChI=1S/C10H11F6N3O/c1-20-5-3-2-4-18-6(5)7(19-17)8(9(11,12)13)10(14,15)16/h2-4,7-8,19H,17H2,1H3. The second-order valence-electron chi connectivity index (χ2n) is 3.80. The molecule has 1 atom stereocenters. The van der Waals surface area contributed by atoms with Crippen LogP contribution in [0.2, 0.25) is 0 Å². The van der Waals surface area contributed by atoms with Gasteiger partial charge in [0.15, 0.2) is 5.92 Å². The lowest BCUT2D eigenvalue weighted by molar-refractivity contribution is -0.293. The van der Waals surface area contributed by atoms with Gasteiger partial charge in [-0.15, -0.1) is 0 Å². The van der Waals surface area contributed by atoms with E-state index >= 15 is 0 Å². The molecule has 1 aromatic heterocycles. The third kappa shape index (κ3) is 3.51. The topological polar surface area (TPSA) is 60.2 Å². The molecule has 20 heavy (non-hydrogen) atoms. The zero-order chi connectivity index (χ0) is 15.6. The van der Waals surface area contributed by atoms with Gasteiger partial charge in [-0.1, -0.05) is 0 Å². The highest BCUT2D eigenvalue weighted by molar-refractivity contribution is 5.30. The van der Waals surface area contributed by atoms with Crippen LogP contribution in [-0.4, -0.2) is 24.4 Å². The summed E-state index contributed by atoms with van der Waals surface area (Å²) in [6.07, 6.45) is -10.0. The van der Waals surface area contributed by atoms with Gasteiger partial charge in [0, 0.05) is 6.20 Å². The molecule has 1 aromatic rings. The highest BCUT2D eigenvalue weighted by atomic mass is 19.4. The number of methoxy groups -OCH3 is 1. The van der Waals surface area contributed by atoms with E-state index in [0.717, 1.165) is 13.3 Å². The maximum atomic E-state index is 12.7. The Morgan fingerprint density at radius 1 is 1.20 bits per heavy atom. The molecular formula is C10H11F6N3O. The third-order valence-electron chi connectivity index (χ3n) is 2.53. The lowest BCUT2D eigenvalue weighted by Crippen LogP contribution is -2.48. The molecule has 0 aliphatic carbocycles. The third-order valence-corrected chi connectivity index (χ3v) is 2.53. The first kappa shape index (κ1) is 16.5. The molecule has 0 aliphatic rings. The van der Waals surface area contributed by atoms with Crippen molar-refractivity contribution in [1.29, 1.82) is 0 Å². The molecular weight excluding hydrogens is 292 g/mol. The molecule has 0 bridgehead atoms. The number of aromatic nitrogens is 1. The number of hydrogen-bond acceptors (Lipinski definition) is 4. The summed E-state index contributed by atoms with van der Waals surface area (Å²) < 4.78 is 80.9. The summed E-state index contributed by atoms with van der Waals surface area (Å²) in [5.74, 6) is 0.944. The largest absolute Gasteiger partial charge is 0.495 e. The van der Waals surface area contributed by atoms with Crippen LogP contribution in [-0.2, 0) is 0 Å². The molecule has 3 N–H and O–H groups in total. The second-order valence-corrected chi connectivity index (χ2v) is 3.80. The fourth-order valence-electron chi connectivity index (χ4n) is 1.71. The number of nitrogens with two attached hydrogens (primary N) is 1. The van der Waals surface area contributed by atoms with E-state index in [-0.39, 0.29) is 5.75 Å². The Bertz CT molecular complexity index is 433. The first-order valence-corrected chi connectivity index (χ1v) is 5.21. The van der Waals surface area contributed by atoms with Crippen molar-refractivity contribution in [2.45, 2.75) is 18.4 Å². The van der Waals surface area contributed by atoms with E-state index in [4.69, 9.17) is 10.6 Å². The van der Waals surface area contributed by atoms with Gasteiger partial charge < -0.3 is 4.74 Å². The SMILES string of the molecule is COc1cccnc1C(NN)C(C(F)(F)F)C(F)(F)F. The number of ether oxygens (including phenoxy) is 1. The number of hydrazine groups is 1. The Morgan fingerprint density at radius 2 is 1.75 bits per heavy atom. The van der Waals surface area contributed by atoms with Crippen molar-refractivity contribution in [2.75, 3.05) is 7.11 Å². The van der Waals surface area contributed by atoms with Crippen LogP contribution in [0.25, 0.3) is 0 Å². The van der Waals surface area contributed by atoms with Crippen molar-refractivity contribution >= 4 is 0 Å². The van der Waals surface area contributed by atoms with Crippen LogP contribution in [0.1, 0.15) is 11.7 Å². The van der Waals surface area contributed by atoms with Crippen molar-refractivity contribution in [2.24, 2.45) is 11.8 Å². The first-order chi connectivity index (χ1) is 9.12. The van der Waals surface area contributed by atoms with Gasteiger partial charge in [-0.05, 0) is 12.1 Å². The maximum Gasteiger partial charge on any atom is 0.402 e. The Labute approximate surface area is 109 Å². The van der Waals surface area contributed by atoms with Crippen LogP contribution in [0, 0.1) is 5.92 Å². The molecule has 114 valence electrons. The number of nitrogens with zero attached hydrogens (tertiary/aromatic N) is 1. The van der Waals surface area contributed by atoms with Crippen molar-refractivity contribution in [3.8, 4) is 5.75 Å². The summed E-state index contributed by atoms with van der Waals surface area (Å²) in [6.45, 7) is 0. The second kappa shape index (κ2) is 5.83. The Morgan fingerprint density at radius 3 is 2.15 bits per heavy atom. The summed E-state index contributed by atoms with van der Waals surface area (Å²) >= 11 is 0. The fraction of sp³-hybridized carbons (Fsp3) is 0.500. The van der Waals surface area contributed by atoms with Gasteiger partial charge in [0.1, 0.15) is 11.4 Å². The van der Waals surface area contributed by atoms with Crippen LogP contribution in [0.3, 0.4) is 0 Å². The van der Waals surface area contributed by atoms with Gasteiger partial charge in [-0.3, -0.25) is 16.3 Å². The van der Waals surface area contributed by atoms with Crippen molar-refractivity contribution < 1.29 is 31.1 Å². The van der Waals surface area contributed by atoms with Crippen LogP contribution in [0.4, 0.5) is 26.3 Å². The zero-order valence-electron chi connectivity index (χ0n) is 10.1. The predicted molar refractivity (Wildman–Crippen MR) is 56.5 cm³/mol. The van der Waals surface area contributed by atoms with Gasteiger partial charge in [0.2, 0.25) is 0 Å². The molecule has 0 saturated carbocycles. The minimum atomic E-state index is -5.54. The quantitative estimate of drug-likeness (QED) is 0.509. The van der Waals surface area contributed by atoms with E-state index < -0.39 is 30.0 Å². The molecule has 0 amide bonds. The van der Waals surface area contributed by atoms with Crippen molar-refractivity contribution in [3.05, 3.63) is 24.0 Å². The van der Waals surface area contributed by atoms with E-state index in [1.165, 1.54) is 17.6 Å². The Kier molecular flexibility index (Phi) is 4.81. The van der Waals surface area contributed by atoms with Crippen LogP contribution >= 0.6 is 0 Å². The first-order valence-electron chi connectivity index (χ1n) is 5.21. The van der Waals surface area contributed by atoms with Crippen LogP contribution < -0.4 is 16.0 Å². The molecule has 0 aromatic carbocycles. The Balaban J connectivity index is 3.35. The average molecular weight is 303 g/mol. The van der Waals surface area contributed by atoms with E-state index in [2.05, 4.69) is 4.98 Å². The minimum absolute atomic E-state index is 0.228. The van der Waals surface area contributed by atoms with Gasteiger partial charge in [-0.2, -0.15) is 26.3 Å². The normalized spacial score (nSPS) is 14.4. The summed E-state index contributed by atoms with van der Waals surface area (Å²) in [6, 6.07) is 0.189. The van der Waals surface area contributed by atoms with Gasteiger partial charge in [0.05, 0.1) is 13.2 Å². The van der Waals surface area contributed by atoms with Gasteiger partial charge in [-0.25, -0.2) is 0 Å². The lowest BCUT2D eigenvalue weighted by atomic mass is 9.95. The molecule has 1 unspecified atom stereocenters. The summed E-state index contributed by atoms with van der Waals surface area (Å²) in [4.78, 5) is 3.50. The van der Waals surface area contributed by atoms with Gasteiger partial charge in [0.25, 0.3) is 0 Å². The summed E-state index contributed by atoms with van der Waals surface area (Å²) in [7, 11) is 1.10. The zero-order valence-corrected chi connectivity index (χ0v) is 10.1. The van der Waals surface area contributed by atoms with E-state index in [0.29, 0.717) is 0 Å². The molecule has 0 aliphatic heterocycles. The highest BCUT2D eigenvalue weighted by Gasteiger charge is 2.61. The smallest absolute Gasteiger partial charge is 0.402 e. The molecule has 1 rings (SSSR count). The lowest BCUT2D eigenvalue weighted by Gasteiger charge is -2.30. The maximum absolute atomic E-state index is 12.7. The molecule has 4 nitrogen and oxygen atoms in total. The minimum Gasteiger partial charge on any atom is -0.495 e.